The molecule has 65 heavy (non-hydrogen) atoms. The van der Waals surface area contributed by atoms with Crippen LogP contribution >= 0.6 is 0 Å². The van der Waals surface area contributed by atoms with Gasteiger partial charge in [0.1, 0.15) is 24.2 Å². The van der Waals surface area contributed by atoms with E-state index in [0.717, 1.165) is 10.9 Å². The highest BCUT2D eigenvalue weighted by molar-refractivity contribution is 7.87. The predicted octanol–water partition coefficient (Wildman–Crippen LogP) is 0.333. The number of fused-ring (bicyclic) bond motifs is 2. The van der Waals surface area contributed by atoms with Gasteiger partial charge >= 0.3 is 0 Å². The average Bonchev–Trinajstić information content (AvgIpc) is 4.07. The van der Waals surface area contributed by atoms with Crippen LogP contribution in [-0.4, -0.2) is 94.6 Å². The third-order valence-corrected chi connectivity index (χ3v) is 11.6. The zero-order valence-corrected chi connectivity index (χ0v) is 36.1. The number of hydrazine groups is 1. The first-order chi connectivity index (χ1) is 31.2. The number of unbranched alkanes of at least 4 members (excludes halogenated alkanes) is 1. The van der Waals surface area contributed by atoms with Crippen LogP contribution in [0.5, 0.6) is 0 Å². The zero-order chi connectivity index (χ0) is 46.5. The molecule has 342 valence electrons. The van der Waals surface area contributed by atoms with Crippen molar-refractivity contribution in [2.24, 2.45) is 17.2 Å². The SMILES string of the molecule is C=C(c1c[nH]c2ccccc12)[C@H](NS(=O)(=O)NNC(=O)[C@@H](Cc1c[nH]c2ccccc12)NC(=O)[C@@H](N)Cc1cnc[nH]1)C(=O)N[C@H](Cc1ccccc1)C(=O)N[C@@H](CCCCN)C(N)=O. The fourth-order valence-corrected chi connectivity index (χ4v) is 8.12. The highest BCUT2D eigenvalue weighted by Crippen LogP contribution is 2.27. The van der Waals surface area contributed by atoms with Crippen molar-refractivity contribution in [3.05, 3.63) is 133 Å². The zero-order valence-electron chi connectivity index (χ0n) is 35.3. The molecule has 0 aliphatic heterocycles. The van der Waals surface area contributed by atoms with Crippen LogP contribution in [0.3, 0.4) is 0 Å². The summed E-state index contributed by atoms with van der Waals surface area (Å²) in [5.41, 5.74) is 23.2. The number of carbonyl (C=O) groups excluding carboxylic acids is 5. The second-order valence-electron chi connectivity index (χ2n) is 15.4. The third-order valence-electron chi connectivity index (χ3n) is 10.7. The van der Waals surface area contributed by atoms with Crippen LogP contribution in [-0.2, 0) is 53.4 Å². The lowest BCUT2D eigenvalue weighted by atomic mass is 9.98. The molecule has 0 radical (unpaired) electrons. The van der Waals surface area contributed by atoms with Crippen LogP contribution in [0.2, 0.25) is 0 Å². The summed E-state index contributed by atoms with van der Waals surface area (Å²) in [5, 5.41) is 9.30. The standard InChI is InChI=1S/C44H53N13O7S/c1-26(32-24-50-35-16-8-6-14-31(32)35)39(44(62)54-37(19-27-11-3-2-4-12-27)42(60)52-36(40(47)58)17-9-10-18-45)56-65(63,64)57-55-43(61)38(20-28-22-49-34-15-7-5-13-30(28)34)53-41(59)33(46)21-29-23-48-25-51-29/h2-8,11-16,22-25,33,36-39,49-50,56-57H,1,9-10,17-21,45-46H2,(H2,47,58)(H,48,51)(H,52,60)(H,53,59)(H,54,62)(H,55,61)/t33-,36-,37+,38+,39-/m0/s1. The minimum absolute atomic E-state index is 0.0250. The summed E-state index contributed by atoms with van der Waals surface area (Å²) < 4.78 is 30.2. The number of hydrogen-bond acceptors (Lipinski definition) is 10. The molecule has 20 nitrogen and oxygen atoms in total. The first-order valence-corrected chi connectivity index (χ1v) is 22.3. The summed E-state index contributed by atoms with van der Waals surface area (Å²) >= 11 is 0. The number of aromatic nitrogens is 4. The van der Waals surface area contributed by atoms with Crippen LogP contribution < -0.4 is 48.1 Å². The Balaban J connectivity index is 1.25. The Labute approximate surface area is 374 Å². The summed E-state index contributed by atoms with van der Waals surface area (Å²) in [6.45, 7) is 4.47. The number of hydrogen-bond donors (Lipinski definition) is 12. The Hall–Kier alpha value is -7.17. The van der Waals surface area contributed by atoms with Crippen molar-refractivity contribution >= 4 is 67.1 Å². The molecule has 0 saturated heterocycles. The molecule has 5 amide bonds. The molecule has 5 atom stereocenters. The van der Waals surface area contributed by atoms with Crippen molar-refractivity contribution in [2.45, 2.75) is 68.7 Å². The van der Waals surface area contributed by atoms with Gasteiger partial charge in [-0.2, -0.15) is 13.1 Å². The normalized spacial score (nSPS) is 13.9. The van der Waals surface area contributed by atoms with Crippen molar-refractivity contribution < 1.29 is 32.4 Å². The smallest absolute Gasteiger partial charge is 0.294 e. The largest absolute Gasteiger partial charge is 0.368 e. The van der Waals surface area contributed by atoms with E-state index in [1.54, 1.807) is 67.0 Å². The lowest BCUT2D eigenvalue weighted by Gasteiger charge is -2.26. The van der Waals surface area contributed by atoms with Gasteiger partial charge in [-0.25, -0.2) is 4.98 Å². The number of carbonyl (C=O) groups is 5. The number of aromatic amines is 3. The van der Waals surface area contributed by atoms with E-state index in [-0.39, 0.29) is 31.3 Å². The quantitative estimate of drug-likeness (QED) is 0.0292. The van der Waals surface area contributed by atoms with E-state index < -0.39 is 70.0 Å². The molecule has 21 heteroatoms. The van der Waals surface area contributed by atoms with Crippen molar-refractivity contribution in [3.63, 3.8) is 0 Å². The van der Waals surface area contributed by atoms with Gasteiger partial charge in [0.05, 0.1) is 12.4 Å². The Kier molecular flexibility index (Phi) is 16.0. The number of primary amides is 1. The molecule has 3 heterocycles. The molecule has 6 rings (SSSR count). The maximum absolute atomic E-state index is 14.5. The number of nitrogens with zero attached hydrogens (tertiary/aromatic N) is 1. The van der Waals surface area contributed by atoms with Crippen LogP contribution in [0.1, 0.15) is 41.6 Å². The Bertz CT molecular complexity index is 2720. The van der Waals surface area contributed by atoms with Gasteiger partial charge < -0.3 is 48.1 Å². The molecule has 0 aliphatic carbocycles. The van der Waals surface area contributed by atoms with Gasteiger partial charge in [0, 0.05) is 70.9 Å². The van der Waals surface area contributed by atoms with Crippen molar-refractivity contribution in [3.8, 4) is 0 Å². The minimum atomic E-state index is -4.87. The highest BCUT2D eigenvalue weighted by Gasteiger charge is 2.34. The highest BCUT2D eigenvalue weighted by atomic mass is 32.2. The van der Waals surface area contributed by atoms with Crippen molar-refractivity contribution in [1.29, 1.82) is 0 Å². The fraction of sp³-hybridized carbons (Fsp3) is 0.273. The van der Waals surface area contributed by atoms with Gasteiger partial charge in [-0.1, -0.05) is 73.3 Å². The molecule has 0 spiro atoms. The number of H-pyrrole nitrogens is 3. The maximum atomic E-state index is 14.5. The average molecular weight is 908 g/mol. The van der Waals surface area contributed by atoms with Crippen LogP contribution in [0.4, 0.5) is 0 Å². The molecule has 0 fully saturated rings. The minimum Gasteiger partial charge on any atom is -0.368 e. The summed E-state index contributed by atoms with van der Waals surface area (Å²) in [6, 6.07) is 16.4. The fourth-order valence-electron chi connectivity index (χ4n) is 7.26. The number of nitrogens with two attached hydrogens (primary N) is 3. The van der Waals surface area contributed by atoms with E-state index in [2.05, 4.69) is 52.6 Å². The van der Waals surface area contributed by atoms with E-state index >= 15 is 0 Å². The first-order valence-electron chi connectivity index (χ1n) is 20.8. The number of benzene rings is 3. The van der Waals surface area contributed by atoms with Gasteiger partial charge in [-0.05, 0) is 54.6 Å². The molecule has 0 unspecified atom stereocenters. The summed E-state index contributed by atoms with van der Waals surface area (Å²) in [7, 11) is -4.87. The van der Waals surface area contributed by atoms with E-state index in [0.29, 0.717) is 52.7 Å². The summed E-state index contributed by atoms with van der Waals surface area (Å²) in [4.78, 5) is 83.0. The van der Waals surface area contributed by atoms with Crippen molar-refractivity contribution in [1.82, 2.24) is 50.9 Å². The Morgan fingerprint density at radius 2 is 1.34 bits per heavy atom. The maximum Gasteiger partial charge on any atom is 0.294 e. The topological polar surface area (TPSA) is 330 Å². The Morgan fingerprint density at radius 1 is 0.708 bits per heavy atom. The number of para-hydroxylation sites is 2. The molecular weight excluding hydrogens is 855 g/mol. The van der Waals surface area contributed by atoms with Gasteiger partial charge in [0.15, 0.2) is 0 Å². The second-order valence-corrected chi connectivity index (χ2v) is 16.9. The van der Waals surface area contributed by atoms with Gasteiger partial charge in [-0.3, -0.25) is 29.4 Å². The molecule has 3 aromatic heterocycles. The van der Waals surface area contributed by atoms with Gasteiger partial charge in [0.25, 0.3) is 16.1 Å². The predicted molar refractivity (Wildman–Crippen MR) is 245 cm³/mol. The first kappa shape index (κ1) is 47.3. The number of amides is 5. The van der Waals surface area contributed by atoms with Crippen LogP contribution in [0.25, 0.3) is 27.4 Å². The van der Waals surface area contributed by atoms with E-state index in [9.17, 15) is 32.4 Å². The van der Waals surface area contributed by atoms with E-state index in [1.807, 2.05) is 29.1 Å². The molecule has 3 aromatic carbocycles. The third kappa shape index (κ3) is 12.7. The summed E-state index contributed by atoms with van der Waals surface area (Å²) in [6.07, 6.45) is 7.38. The monoisotopic (exact) mass is 907 g/mol. The number of nitrogens with one attached hydrogen (secondary N) is 9. The lowest BCUT2D eigenvalue weighted by Crippen LogP contribution is -2.60. The van der Waals surface area contributed by atoms with E-state index in [1.165, 1.54) is 12.5 Å². The second kappa shape index (κ2) is 22.0. The summed E-state index contributed by atoms with van der Waals surface area (Å²) in [5.74, 6) is -4.20. The van der Waals surface area contributed by atoms with Gasteiger partial charge in [0.2, 0.25) is 23.6 Å². The molecule has 0 aliphatic rings. The van der Waals surface area contributed by atoms with Gasteiger partial charge in [-0.15, -0.1) is 4.83 Å². The number of rotatable bonds is 24. The molecule has 15 N–H and O–H groups in total. The van der Waals surface area contributed by atoms with Crippen LogP contribution in [0, 0.1) is 0 Å². The van der Waals surface area contributed by atoms with E-state index in [4.69, 9.17) is 17.2 Å². The van der Waals surface area contributed by atoms with Crippen LogP contribution in [0.15, 0.2) is 110 Å². The molecule has 6 aromatic rings. The Morgan fingerprint density at radius 3 is 2.03 bits per heavy atom. The molecule has 0 saturated carbocycles. The van der Waals surface area contributed by atoms with Crippen molar-refractivity contribution in [2.75, 3.05) is 6.54 Å². The number of imidazole rings is 1. The molecular formula is C44H53N13O7S. The molecule has 0 bridgehead atoms. The lowest BCUT2D eigenvalue weighted by molar-refractivity contribution is -0.131.